The van der Waals surface area contributed by atoms with Gasteiger partial charge in [-0.3, -0.25) is 4.90 Å². The molecule has 4 heteroatoms. The lowest BCUT2D eigenvalue weighted by molar-refractivity contribution is 0.156. The summed E-state index contributed by atoms with van der Waals surface area (Å²) in [6, 6.07) is 20.7. The summed E-state index contributed by atoms with van der Waals surface area (Å²) in [6.45, 7) is 9.16. The van der Waals surface area contributed by atoms with Crippen molar-refractivity contribution in [2.45, 2.75) is 26.3 Å². The Morgan fingerprint density at radius 2 is 1.37 bits per heavy atom. The van der Waals surface area contributed by atoms with E-state index >= 15 is 0 Å². The van der Waals surface area contributed by atoms with Crippen LogP contribution in [0.3, 0.4) is 0 Å². The van der Waals surface area contributed by atoms with Crippen LogP contribution in [0.1, 0.15) is 31.9 Å². The average molecular weight is 405 g/mol. The summed E-state index contributed by atoms with van der Waals surface area (Å²) in [5.74, 6) is 0.678. The number of fused-ring (bicyclic) bond motifs is 2. The summed E-state index contributed by atoms with van der Waals surface area (Å²) in [5, 5.41) is 9.07. The zero-order valence-electron chi connectivity index (χ0n) is 16.2. The van der Waals surface area contributed by atoms with Crippen molar-refractivity contribution in [3.05, 3.63) is 60.2 Å². The third-order valence-electron chi connectivity index (χ3n) is 5.43. The van der Waals surface area contributed by atoms with Gasteiger partial charge in [-0.2, -0.15) is 0 Å². The van der Waals surface area contributed by atoms with E-state index < -0.39 is 0 Å². The molecule has 27 heavy (non-hydrogen) atoms. The Balaban J connectivity index is 0.00000131. The predicted octanol–water partition coefficient (Wildman–Crippen LogP) is 5.83. The van der Waals surface area contributed by atoms with Crippen LogP contribution in [-0.2, 0) is 0 Å². The Morgan fingerprint density at radius 1 is 0.852 bits per heavy atom. The molecule has 3 aromatic rings. The lowest BCUT2D eigenvalue weighted by atomic mass is 9.87. The van der Waals surface area contributed by atoms with Crippen molar-refractivity contribution in [2.75, 3.05) is 26.2 Å². The van der Waals surface area contributed by atoms with Gasteiger partial charge >= 0.3 is 0 Å². The van der Waals surface area contributed by atoms with Crippen LogP contribution in [0.25, 0.3) is 21.5 Å². The van der Waals surface area contributed by atoms with Gasteiger partial charge in [-0.1, -0.05) is 62.4 Å². The SMILES string of the molecule is CC(C)C[C@@H](c1c2ccccc2cc2ccccc12)N1CCNCC1.Cl.Cl. The third kappa shape index (κ3) is 4.57. The molecule has 146 valence electrons. The molecule has 3 aromatic carbocycles. The van der Waals surface area contributed by atoms with Gasteiger partial charge in [0.05, 0.1) is 0 Å². The maximum Gasteiger partial charge on any atom is 0.0363 e. The number of hydrogen-bond donors (Lipinski definition) is 1. The largest absolute Gasteiger partial charge is 0.314 e. The molecule has 1 aliphatic heterocycles. The third-order valence-corrected chi connectivity index (χ3v) is 5.43. The summed E-state index contributed by atoms with van der Waals surface area (Å²) in [7, 11) is 0. The highest BCUT2D eigenvalue weighted by Gasteiger charge is 2.26. The van der Waals surface area contributed by atoms with Crippen molar-refractivity contribution in [3.63, 3.8) is 0 Å². The summed E-state index contributed by atoms with van der Waals surface area (Å²) < 4.78 is 0. The van der Waals surface area contributed by atoms with Gasteiger partial charge in [-0.15, -0.1) is 24.8 Å². The second-order valence-electron chi connectivity index (χ2n) is 7.66. The number of hydrogen-bond acceptors (Lipinski definition) is 2. The molecule has 1 N–H and O–H groups in total. The van der Waals surface area contributed by atoms with Crippen LogP contribution in [-0.4, -0.2) is 31.1 Å². The number of halogens is 2. The van der Waals surface area contributed by atoms with E-state index in [4.69, 9.17) is 0 Å². The highest BCUT2D eigenvalue weighted by molar-refractivity contribution is 6.02. The van der Waals surface area contributed by atoms with Crippen molar-refractivity contribution in [1.29, 1.82) is 0 Å². The van der Waals surface area contributed by atoms with E-state index in [9.17, 15) is 0 Å². The molecule has 0 unspecified atom stereocenters. The van der Waals surface area contributed by atoms with Gasteiger partial charge in [0.15, 0.2) is 0 Å². The molecular weight excluding hydrogens is 375 g/mol. The molecule has 1 fully saturated rings. The second-order valence-corrected chi connectivity index (χ2v) is 7.66. The van der Waals surface area contributed by atoms with E-state index in [1.807, 2.05) is 0 Å². The summed E-state index contributed by atoms with van der Waals surface area (Å²) in [4.78, 5) is 2.70. The molecule has 0 amide bonds. The fourth-order valence-electron chi connectivity index (χ4n) is 4.30. The van der Waals surface area contributed by atoms with Crippen LogP contribution < -0.4 is 5.32 Å². The Morgan fingerprint density at radius 3 is 1.89 bits per heavy atom. The molecule has 2 nitrogen and oxygen atoms in total. The Labute approximate surface area is 175 Å². The van der Waals surface area contributed by atoms with E-state index in [-0.39, 0.29) is 24.8 Å². The number of rotatable bonds is 4. The van der Waals surface area contributed by atoms with Crippen LogP contribution in [0.2, 0.25) is 0 Å². The Kier molecular flexibility index (Phi) is 7.93. The van der Waals surface area contributed by atoms with Gasteiger partial charge in [-0.05, 0) is 45.5 Å². The molecule has 0 radical (unpaired) electrons. The number of piperazine rings is 1. The zero-order valence-corrected chi connectivity index (χ0v) is 17.8. The van der Waals surface area contributed by atoms with Crippen molar-refractivity contribution in [2.24, 2.45) is 5.92 Å². The minimum Gasteiger partial charge on any atom is -0.314 e. The first-order valence-electron chi connectivity index (χ1n) is 9.59. The fourth-order valence-corrected chi connectivity index (χ4v) is 4.30. The van der Waals surface area contributed by atoms with Gasteiger partial charge in [0.2, 0.25) is 0 Å². The predicted molar refractivity (Wildman–Crippen MR) is 123 cm³/mol. The average Bonchev–Trinajstić information content (AvgIpc) is 2.65. The quantitative estimate of drug-likeness (QED) is 0.550. The van der Waals surface area contributed by atoms with Gasteiger partial charge in [0.25, 0.3) is 0 Å². The maximum atomic E-state index is 3.51. The van der Waals surface area contributed by atoms with Crippen molar-refractivity contribution < 1.29 is 0 Å². The maximum absolute atomic E-state index is 3.51. The van der Waals surface area contributed by atoms with Gasteiger partial charge in [0, 0.05) is 32.2 Å². The monoisotopic (exact) mass is 404 g/mol. The molecule has 1 heterocycles. The highest BCUT2D eigenvalue weighted by atomic mass is 35.5. The van der Waals surface area contributed by atoms with Crippen LogP contribution in [0.4, 0.5) is 0 Å². The standard InChI is InChI=1S/C23H28N2.2ClH/c1-17(2)15-22(25-13-11-24-12-14-25)23-20-9-5-3-7-18(20)16-19-8-4-6-10-21(19)23;;/h3-10,16-17,22,24H,11-15H2,1-2H3;2*1H/t22-;;/m0../s1. The van der Waals surface area contributed by atoms with Gasteiger partial charge < -0.3 is 5.32 Å². The molecule has 0 spiro atoms. The smallest absolute Gasteiger partial charge is 0.0363 e. The van der Waals surface area contributed by atoms with E-state index in [2.05, 4.69) is 78.7 Å². The van der Waals surface area contributed by atoms with Crippen LogP contribution in [0.5, 0.6) is 0 Å². The van der Waals surface area contributed by atoms with Gasteiger partial charge in [-0.25, -0.2) is 0 Å². The van der Waals surface area contributed by atoms with Crippen LogP contribution in [0.15, 0.2) is 54.6 Å². The molecule has 0 aromatic heterocycles. The van der Waals surface area contributed by atoms with E-state index in [0.29, 0.717) is 12.0 Å². The van der Waals surface area contributed by atoms with Crippen molar-refractivity contribution >= 4 is 46.4 Å². The molecule has 0 aliphatic carbocycles. The number of benzene rings is 3. The lowest BCUT2D eigenvalue weighted by Crippen LogP contribution is -2.45. The zero-order chi connectivity index (χ0) is 17.2. The first kappa shape index (κ1) is 22.0. The molecule has 4 rings (SSSR count). The fraction of sp³-hybridized carbons (Fsp3) is 0.391. The van der Waals surface area contributed by atoms with Crippen LogP contribution in [0, 0.1) is 5.92 Å². The molecule has 1 saturated heterocycles. The molecular formula is C23H30Cl2N2. The Bertz CT molecular complexity index is 819. The molecule has 1 atom stereocenters. The summed E-state index contributed by atoms with van der Waals surface area (Å²) in [6.07, 6.45) is 1.21. The van der Waals surface area contributed by atoms with Crippen LogP contribution >= 0.6 is 24.8 Å². The van der Waals surface area contributed by atoms with E-state index in [0.717, 1.165) is 26.2 Å². The van der Waals surface area contributed by atoms with Gasteiger partial charge in [0.1, 0.15) is 0 Å². The lowest BCUT2D eigenvalue weighted by Gasteiger charge is -2.37. The minimum atomic E-state index is 0. The summed E-state index contributed by atoms with van der Waals surface area (Å²) in [5.41, 5.74) is 1.53. The normalized spacial score (nSPS) is 16.1. The van der Waals surface area contributed by atoms with Crippen molar-refractivity contribution in [1.82, 2.24) is 10.2 Å². The first-order valence-corrected chi connectivity index (χ1v) is 9.59. The van der Waals surface area contributed by atoms with Crippen molar-refractivity contribution in [3.8, 4) is 0 Å². The Hall–Kier alpha value is -1.32. The highest BCUT2D eigenvalue weighted by Crippen LogP contribution is 2.38. The molecule has 1 aliphatic rings. The minimum absolute atomic E-state index is 0. The number of nitrogens with zero attached hydrogens (tertiary/aromatic N) is 1. The van der Waals surface area contributed by atoms with E-state index in [1.165, 1.54) is 33.5 Å². The summed E-state index contributed by atoms with van der Waals surface area (Å²) >= 11 is 0. The molecule has 0 saturated carbocycles. The second kappa shape index (κ2) is 9.75. The molecule has 0 bridgehead atoms. The van der Waals surface area contributed by atoms with E-state index in [1.54, 1.807) is 0 Å². The first-order chi connectivity index (χ1) is 12.2. The number of nitrogens with one attached hydrogen (secondary N) is 1. The topological polar surface area (TPSA) is 15.3 Å².